The number of rotatable bonds is 3. The molecule has 19 heavy (non-hydrogen) atoms. The lowest BCUT2D eigenvalue weighted by Crippen LogP contribution is -2.42. The van der Waals surface area contributed by atoms with Gasteiger partial charge in [0.15, 0.2) is 5.84 Å². The molecule has 102 valence electrons. The largest absolute Gasteiger partial charge is 0.409 e. The van der Waals surface area contributed by atoms with Crippen LogP contribution in [0.1, 0.15) is 24.8 Å². The van der Waals surface area contributed by atoms with E-state index in [9.17, 15) is 9.18 Å². The highest BCUT2D eigenvalue weighted by Crippen LogP contribution is 2.19. The highest BCUT2D eigenvalue weighted by molar-refractivity contribution is 5.98. The monoisotopic (exact) mass is 266 g/mol. The number of anilines is 1. The minimum Gasteiger partial charge on any atom is -0.409 e. The van der Waals surface area contributed by atoms with Crippen LogP contribution in [-0.2, 0) is 0 Å². The summed E-state index contributed by atoms with van der Waals surface area (Å²) in [6.45, 7) is 0. The summed E-state index contributed by atoms with van der Waals surface area (Å²) in [7, 11) is 0. The standard InChI is InChI=1S/C12H15FN4O2/c13-9-6-7(11(14)17-19)4-5-10(9)16-12(18)15-8-2-1-3-8/h4-6,8,19H,1-3H2,(H2,14,17)(H2,15,16,18). The van der Waals surface area contributed by atoms with E-state index in [0.29, 0.717) is 0 Å². The van der Waals surface area contributed by atoms with Crippen LogP contribution in [0.15, 0.2) is 23.4 Å². The van der Waals surface area contributed by atoms with Gasteiger partial charge in [0.1, 0.15) is 5.82 Å². The zero-order valence-corrected chi connectivity index (χ0v) is 10.2. The van der Waals surface area contributed by atoms with Gasteiger partial charge in [-0.05, 0) is 37.5 Å². The van der Waals surface area contributed by atoms with E-state index >= 15 is 0 Å². The molecule has 1 aromatic rings. The van der Waals surface area contributed by atoms with Crippen molar-refractivity contribution in [2.45, 2.75) is 25.3 Å². The van der Waals surface area contributed by atoms with Gasteiger partial charge in [0.2, 0.25) is 0 Å². The minimum atomic E-state index is -0.646. The van der Waals surface area contributed by atoms with E-state index in [1.807, 2.05) is 0 Å². The summed E-state index contributed by atoms with van der Waals surface area (Å²) in [4.78, 5) is 11.6. The Bertz CT molecular complexity index is 514. The van der Waals surface area contributed by atoms with Crippen molar-refractivity contribution in [3.05, 3.63) is 29.6 Å². The van der Waals surface area contributed by atoms with E-state index in [4.69, 9.17) is 10.9 Å². The van der Waals surface area contributed by atoms with Crippen molar-refractivity contribution in [1.29, 1.82) is 0 Å². The number of hydrogen-bond acceptors (Lipinski definition) is 3. The molecule has 1 aliphatic carbocycles. The summed E-state index contributed by atoms with van der Waals surface area (Å²) in [5.41, 5.74) is 5.63. The Morgan fingerprint density at radius 1 is 1.47 bits per heavy atom. The van der Waals surface area contributed by atoms with Gasteiger partial charge in [-0.3, -0.25) is 0 Å². The lowest BCUT2D eigenvalue weighted by Gasteiger charge is -2.26. The lowest BCUT2D eigenvalue weighted by atomic mass is 9.93. The molecule has 2 amide bonds. The third-order valence-corrected chi connectivity index (χ3v) is 3.06. The number of urea groups is 1. The summed E-state index contributed by atoms with van der Waals surface area (Å²) in [6, 6.07) is 3.66. The topological polar surface area (TPSA) is 99.7 Å². The Balaban J connectivity index is 2.02. The number of oxime groups is 1. The van der Waals surface area contributed by atoms with Gasteiger partial charge in [0.05, 0.1) is 5.69 Å². The molecule has 1 saturated carbocycles. The molecule has 0 atom stereocenters. The van der Waals surface area contributed by atoms with Crippen LogP contribution in [0.4, 0.5) is 14.9 Å². The first-order chi connectivity index (χ1) is 9.10. The van der Waals surface area contributed by atoms with E-state index in [0.717, 1.165) is 25.3 Å². The average molecular weight is 266 g/mol. The Labute approximate surface area is 109 Å². The molecule has 0 aromatic heterocycles. The predicted octanol–water partition coefficient (Wildman–Crippen LogP) is 1.59. The zero-order valence-electron chi connectivity index (χ0n) is 10.2. The van der Waals surface area contributed by atoms with Gasteiger partial charge in [-0.1, -0.05) is 5.16 Å². The Kier molecular flexibility index (Phi) is 3.84. The summed E-state index contributed by atoms with van der Waals surface area (Å²) in [5.74, 6) is -0.836. The number of nitrogens with zero attached hydrogens (tertiary/aromatic N) is 1. The second kappa shape index (κ2) is 5.55. The van der Waals surface area contributed by atoms with Crippen LogP contribution in [0.2, 0.25) is 0 Å². The number of nitrogens with one attached hydrogen (secondary N) is 2. The second-order valence-corrected chi connectivity index (χ2v) is 4.41. The van der Waals surface area contributed by atoms with Crippen molar-refractivity contribution in [2.75, 3.05) is 5.32 Å². The highest BCUT2D eigenvalue weighted by Gasteiger charge is 2.19. The van der Waals surface area contributed by atoms with Gasteiger partial charge >= 0.3 is 6.03 Å². The van der Waals surface area contributed by atoms with E-state index < -0.39 is 11.8 Å². The molecule has 1 aromatic carbocycles. The van der Waals surface area contributed by atoms with Crippen molar-refractivity contribution in [3.63, 3.8) is 0 Å². The number of amides is 2. The van der Waals surface area contributed by atoms with Crippen molar-refractivity contribution < 1.29 is 14.4 Å². The fourth-order valence-corrected chi connectivity index (χ4v) is 1.73. The third-order valence-electron chi connectivity index (χ3n) is 3.06. The maximum absolute atomic E-state index is 13.7. The Morgan fingerprint density at radius 3 is 2.74 bits per heavy atom. The van der Waals surface area contributed by atoms with Gasteiger partial charge in [0.25, 0.3) is 0 Å². The molecule has 0 spiro atoms. The maximum Gasteiger partial charge on any atom is 0.319 e. The van der Waals surface area contributed by atoms with Gasteiger partial charge in [-0.15, -0.1) is 0 Å². The molecule has 6 nitrogen and oxygen atoms in total. The van der Waals surface area contributed by atoms with Gasteiger partial charge < -0.3 is 21.6 Å². The normalized spacial score (nSPS) is 15.7. The molecule has 1 aliphatic rings. The van der Waals surface area contributed by atoms with E-state index in [2.05, 4.69) is 15.8 Å². The smallest absolute Gasteiger partial charge is 0.319 e. The molecule has 0 bridgehead atoms. The molecule has 0 radical (unpaired) electrons. The molecular weight excluding hydrogens is 251 g/mol. The predicted molar refractivity (Wildman–Crippen MR) is 68.7 cm³/mol. The van der Waals surface area contributed by atoms with E-state index in [1.165, 1.54) is 12.1 Å². The fraction of sp³-hybridized carbons (Fsp3) is 0.333. The van der Waals surface area contributed by atoms with Gasteiger partial charge in [0, 0.05) is 11.6 Å². The number of benzene rings is 1. The quantitative estimate of drug-likeness (QED) is 0.289. The Hall–Kier alpha value is -2.31. The molecule has 7 heteroatoms. The maximum atomic E-state index is 13.7. The molecule has 0 saturated heterocycles. The number of carbonyl (C=O) groups is 1. The fourth-order valence-electron chi connectivity index (χ4n) is 1.73. The summed E-state index contributed by atoms with van der Waals surface area (Å²) >= 11 is 0. The number of hydrogen-bond donors (Lipinski definition) is 4. The molecule has 5 N–H and O–H groups in total. The van der Waals surface area contributed by atoms with Crippen molar-refractivity contribution in [3.8, 4) is 0 Å². The van der Waals surface area contributed by atoms with Crippen LogP contribution < -0.4 is 16.4 Å². The van der Waals surface area contributed by atoms with Gasteiger partial charge in [-0.25, -0.2) is 9.18 Å². The minimum absolute atomic E-state index is 0.0475. The highest BCUT2D eigenvalue weighted by atomic mass is 19.1. The van der Waals surface area contributed by atoms with E-state index in [-0.39, 0.29) is 23.1 Å². The summed E-state index contributed by atoms with van der Waals surface area (Å²) in [6.07, 6.45) is 3.02. The zero-order chi connectivity index (χ0) is 13.8. The first-order valence-electron chi connectivity index (χ1n) is 5.95. The Morgan fingerprint density at radius 2 is 2.21 bits per heavy atom. The number of halogens is 1. The van der Waals surface area contributed by atoms with Gasteiger partial charge in [-0.2, -0.15) is 0 Å². The van der Waals surface area contributed by atoms with Crippen molar-refractivity contribution in [2.24, 2.45) is 10.9 Å². The van der Waals surface area contributed by atoms with Crippen molar-refractivity contribution >= 4 is 17.6 Å². The van der Waals surface area contributed by atoms with Crippen LogP contribution >= 0.6 is 0 Å². The molecule has 2 rings (SSSR count). The number of nitrogens with two attached hydrogens (primary N) is 1. The van der Waals surface area contributed by atoms with Crippen LogP contribution in [-0.4, -0.2) is 23.1 Å². The molecule has 0 aliphatic heterocycles. The van der Waals surface area contributed by atoms with Crippen molar-refractivity contribution in [1.82, 2.24) is 5.32 Å². The van der Waals surface area contributed by atoms with Crippen LogP contribution in [0.25, 0.3) is 0 Å². The summed E-state index contributed by atoms with van der Waals surface area (Å²) < 4.78 is 13.7. The van der Waals surface area contributed by atoms with E-state index in [1.54, 1.807) is 0 Å². The summed E-state index contributed by atoms with van der Waals surface area (Å²) in [5, 5.41) is 16.4. The first kappa shape index (κ1) is 13.1. The molecule has 1 fully saturated rings. The van der Waals surface area contributed by atoms with Crippen LogP contribution in [0.5, 0.6) is 0 Å². The second-order valence-electron chi connectivity index (χ2n) is 4.41. The van der Waals surface area contributed by atoms with Crippen LogP contribution in [0, 0.1) is 5.82 Å². The SMILES string of the molecule is N/C(=N/O)c1ccc(NC(=O)NC2CCC2)c(F)c1. The first-order valence-corrected chi connectivity index (χ1v) is 5.95. The van der Waals surface area contributed by atoms with Crippen LogP contribution in [0.3, 0.4) is 0 Å². The third kappa shape index (κ3) is 3.12. The lowest BCUT2D eigenvalue weighted by molar-refractivity contribution is 0.240. The number of amidine groups is 1. The molecular formula is C12H15FN4O2. The average Bonchev–Trinajstić information content (AvgIpc) is 2.35. The molecule has 0 unspecified atom stereocenters. The molecule has 0 heterocycles. The number of carbonyl (C=O) groups excluding carboxylic acids is 1.